The highest BCUT2D eigenvalue weighted by atomic mass is 16.5. The van der Waals surface area contributed by atoms with Crippen LogP contribution in [0.4, 0.5) is 0 Å². The molecule has 0 atom stereocenters. The number of aliphatic hydroxyl groups is 1. The minimum atomic E-state index is -0.122. The molecule has 1 N–H and O–H groups in total. The molecule has 6 nitrogen and oxygen atoms in total. The number of rotatable bonds is 11. The van der Waals surface area contributed by atoms with Gasteiger partial charge in [0.1, 0.15) is 6.61 Å². The Morgan fingerprint density at radius 1 is 1.00 bits per heavy atom. The summed E-state index contributed by atoms with van der Waals surface area (Å²) in [6.45, 7) is 7.50. The van der Waals surface area contributed by atoms with Gasteiger partial charge in [0.25, 0.3) is 0 Å². The first-order chi connectivity index (χ1) is 12.3. The third kappa shape index (κ3) is 8.45. The number of benzene rings is 1. The highest BCUT2D eigenvalue weighted by Gasteiger charge is 2.16. The summed E-state index contributed by atoms with van der Waals surface area (Å²) in [5, 5.41) is 8.67. The van der Waals surface area contributed by atoms with Crippen LogP contribution < -0.4 is 0 Å². The molecule has 0 unspecified atom stereocenters. The van der Waals surface area contributed by atoms with E-state index in [1.165, 1.54) is 0 Å². The summed E-state index contributed by atoms with van der Waals surface area (Å²) < 4.78 is 10.6. The van der Waals surface area contributed by atoms with E-state index in [9.17, 15) is 4.79 Å². The van der Waals surface area contributed by atoms with Crippen LogP contribution in [0.3, 0.4) is 0 Å². The van der Waals surface area contributed by atoms with Crippen molar-refractivity contribution >= 4 is 5.97 Å². The first-order valence-electron chi connectivity index (χ1n) is 9.11. The lowest BCUT2D eigenvalue weighted by atomic mass is 10.2. The lowest BCUT2D eigenvalue weighted by molar-refractivity contribution is -0.145. The number of hydrogen-bond acceptors (Lipinski definition) is 6. The predicted molar refractivity (Wildman–Crippen MR) is 96.3 cm³/mol. The van der Waals surface area contributed by atoms with Gasteiger partial charge in [-0.25, -0.2) is 0 Å². The van der Waals surface area contributed by atoms with Crippen molar-refractivity contribution in [2.75, 3.05) is 59.1 Å². The van der Waals surface area contributed by atoms with Gasteiger partial charge < -0.3 is 19.5 Å². The Morgan fingerprint density at radius 3 is 2.36 bits per heavy atom. The van der Waals surface area contributed by atoms with E-state index in [-0.39, 0.29) is 12.6 Å². The third-order valence-electron chi connectivity index (χ3n) is 4.35. The van der Waals surface area contributed by atoms with Gasteiger partial charge in [-0.3, -0.25) is 9.69 Å². The molecule has 0 bridgehead atoms. The second-order valence-electron chi connectivity index (χ2n) is 6.27. The van der Waals surface area contributed by atoms with Crippen molar-refractivity contribution in [3.8, 4) is 0 Å². The zero-order chi connectivity index (χ0) is 17.7. The van der Waals surface area contributed by atoms with E-state index in [1.807, 2.05) is 30.3 Å². The molecular formula is C19H30N2O4. The molecule has 0 amide bonds. The Balaban J connectivity index is 1.49. The van der Waals surface area contributed by atoms with Crippen molar-refractivity contribution in [2.45, 2.75) is 19.4 Å². The average Bonchev–Trinajstić information content (AvgIpc) is 2.66. The second kappa shape index (κ2) is 12.0. The second-order valence-corrected chi connectivity index (χ2v) is 6.27. The molecule has 1 heterocycles. The van der Waals surface area contributed by atoms with Crippen molar-refractivity contribution in [3.63, 3.8) is 0 Å². The summed E-state index contributed by atoms with van der Waals surface area (Å²) in [5.41, 5.74) is 1.02. The number of hydrogen-bond donors (Lipinski definition) is 1. The standard InChI is InChI=1S/C19H30N2O4/c22-14-16-24-15-13-21-11-9-20(10-12-21)8-4-7-19(23)25-17-18-5-2-1-3-6-18/h1-3,5-6,22H,4,7-17H2. The van der Waals surface area contributed by atoms with Crippen molar-refractivity contribution in [1.82, 2.24) is 9.80 Å². The van der Waals surface area contributed by atoms with Crippen LogP contribution >= 0.6 is 0 Å². The maximum Gasteiger partial charge on any atom is 0.306 e. The average molecular weight is 350 g/mol. The van der Waals surface area contributed by atoms with Gasteiger partial charge in [0, 0.05) is 39.1 Å². The molecule has 1 aromatic rings. The van der Waals surface area contributed by atoms with Gasteiger partial charge in [0.15, 0.2) is 0 Å². The molecule has 1 aliphatic rings. The lowest BCUT2D eigenvalue weighted by Crippen LogP contribution is -2.47. The zero-order valence-electron chi connectivity index (χ0n) is 14.9. The Morgan fingerprint density at radius 2 is 1.68 bits per heavy atom. The summed E-state index contributed by atoms with van der Waals surface area (Å²) in [6, 6.07) is 9.76. The van der Waals surface area contributed by atoms with Gasteiger partial charge in [-0.05, 0) is 18.5 Å². The molecule has 0 spiro atoms. The Labute approximate surface area is 150 Å². The number of esters is 1. The minimum absolute atomic E-state index is 0.0849. The summed E-state index contributed by atoms with van der Waals surface area (Å²) in [5.74, 6) is -0.122. The lowest BCUT2D eigenvalue weighted by Gasteiger charge is -2.34. The van der Waals surface area contributed by atoms with E-state index >= 15 is 0 Å². The fourth-order valence-electron chi connectivity index (χ4n) is 2.85. The van der Waals surface area contributed by atoms with E-state index in [2.05, 4.69) is 9.80 Å². The van der Waals surface area contributed by atoms with Gasteiger partial charge >= 0.3 is 5.97 Å². The molecule has 140 valence electrons. The van der Waals surface area contributed by atoms with E-state index in [0.717, 1.165) is 51.3 Å². The third-order valence-corrected chi connectivity index (χ3v) is 4.35. The number of aliphatic hydroxyl groups excluding tert-OH is 1. The van der Waals surface area contributed by atoms with Crippen molar-refractivity contribution in [1.29, 1.82) is 0 Å². The molecule has 1 saturated heterocycles. The SMILES string of the molecule is O=C(CCCN1CCN(CCOCCO)CC1)OCc1ccccc1. The normalized spacial score (nSPS) is 16.0. The summed E-state index contributed by atoms with van der Waals surface area (Å²) >= 11 is 0. The number of piperazine rings is 1. The molecule has 1 fully saturated rings. The van der Waals surface area contributed by atoms with Crippen LogP contribution in [0.25, 0.3) is 0 Å². The Hall–Kier alpha value is -1.47. The monoisotopic (exact) mass is 350 g/mol. The van der Waals surface area contributed by atoms with Gasteiger partial charge in [-0.1, -0.05) is 30.3 Å². The van der Waals surface area contributed by atoms with Crippen LogP contribution in [0.5, 0.6) is 0 Å². The van der Waals surface area contributed by atoms with Crippen LogP contribution in [0.1, 0.15) is 18.4 Å². The predicted octanol–water partition coefficient (Wildman–Crippen LogP) is 1.14. The minimum Gasteiger partial charge on any atom is -0.461 e. The number of carbonyl (C=O) groups excluding carboxylic acids is 1. The fourth-order valence-corrected chi connectivity index (χ4v) is 2.85. The van der Waals surface area contributed by atoms with Gasteiger partial charge in [-0.2, -0.15) is 0 Å². The van der Waals surface area contributed by atoms with Gasteiger partial charge in [0.05, 0.1) is 19.8 Å². The van der Waals surface area contributed by atoms with Crippen molar-refractivity contribution in [2.24, 2.45) is 0 Å². The van der Waals surface area contributed by atoms with Crippen LogP contribution in [0.2, 0.25) is 0 Å². The summed E-state index contributed by atoms with van der Waals surface area (Å²) in [6.07, 6.45) is 1.31. The Kier molecular flexibility index (Phi) is 9.51. The summed E-state index contributed by atoms with van der Waals surface area (Å²) in [7, 11) is 0. The van der Waals surface area contributed by atoms with E-state index in [1.54, 1.807) is 0 Å². The molecule has 0 saturated carbocycles. The molecule has 6 heteroatoms. The largest absolute Gasteiger partial charge is 0.461 e. The highest BCUT2D eigenvalue weighted by Crippen LogP contribution is 2.06. The molecule has 1 aromatic carbocycles. The first kappa shape index (κ1) is 19.8. The molecule has 2 rings (SSSR count). The topological polar surface area (TPSA) is 62.2 Å². The zero-order valence-corrected chi connectivity index (χ0v) is 14.9. The fraction of sp³-hybridized carbons (Fsp3) is 0.632. The number of ether oxygens (including phenoxy) is 2. The van der Waals surface area contributed by atoms with Crippen LogP contribution in [0.15, 0.2) is 30.3 Å². The molecular weight excluding hydrogens is 320 g/mol. The quantitative estimate of drug-likeness (QED) is 0.477. The highest BCUT2D eigenvalue weighted by molar-refractivity contribution is 5.69. The van der Waals surface area contributed by atoms with Gasteiger partial charge in [0.2, 0.25) is 0 Å². The van der Waals surface area contributed by atoms with Crippen LogP contribution in [-0.4, -0.2) is 80.0 Å². The maximum atomic E-state index is 11.8. The van der Waals surface area contributed by atoms with Gasteiger partial charge in [-0.15, -0.1) is 0 Å². The number of carbonyl (C=O) groups is 1. The molecule has 0 radical (unpaired) electrons. The molecule has 25 heavy (non-hydrogen) atoms. The molecule has 0 aliphatic carbocycles. The van der Waals surface area contributed by atoms with Crippen molar-refractivity contribution in [3.05, 3.63) is 35.9 Å². The maximum absolute atomic E-state index is 11.8. The Bertz CT molecular complexity index is 476. The van der Waals surface area contributed by atoms with Crippen LogP contribution in [-0.2, 0) is 20.9 Å². The van der Waals surface area contributed by atoms with E-state index < -0.39 is 0 Å². The van der Waals surface area contributed by atoms with Crippen LogP contribution in [0, 0.1) is 0 Å². The molecule has 1 aliphatic heterocycles. The van der Waals surface area contributed by atoms with E-state index in [4.69, 9.17) is 14.6 Å². The summed E-state index contributed by atoms with van der Waals surface area (Å²) in [4.78, 5) is 16.6. The van der Waals surface area contributed by atoms with E-state index in [0.29, 0.717) is 26.2 Å². The smallest absolute Gasteiger partial charge is 0.306 e. The number of nitrogens with zero attached hydrogens (tertiary/aromatic N) is 2. The van der Waals surface area contributed by atoms with Crippen molar-refractivity contribution < 1.29 is 19.4 Å². The first-order valence-corrected chi connectivity index (χ1v) is 9.11. The molecule has 0 aromatic heterocycles.